The standard InChI is InChI=1S/C18H21N5O6S2/c1-2-3-4-6-29-22-12(10-8-31-18(20-10)19-9-24)14(25)21-13-15(26)23-11(17(27)28)5-7-30-16(13)23/h5,8-9,13,16H,2-4,6-7H2,1H3,(H,21,25)(H,27,28)(H,19,20,24)/b22-12+/t13?,16-/m1/s1. The largest absolute Gasteiger partial charge is 0.477 e. The summed E-state index contributed by atoms with van der Waals surface area (Å²) in [5.41, 5.74) is -0.0300. The third-order valence-corrected chi connectivity index (χ3v) is 6.45. The topological polar surface area (TPSA) is 150 Å². The summed E-state index contributed by atoms with van der Waals surface area (Å²) in [7, 11) is 0. The molecule has 3 rings (SSSR count). The van der Waals surface area contributed by atoms with Gasteiger partial charge in [-0.2, -0.15) is 0 Å². The first-order valence-corrected chi connectivity index (χ1v) is 11.5. The first-order chi connectivity index (χ1) is 15.0. The van der Waals surface area contributed by atoms with Crippen LogP contribution < -0.4 is 10.6 Å². The molecule has 1 saturated heterocycles. The molecule has 0 radical (unpaired) electrons. The molecule has 0 aromatic carbocycles. The van der Waals surface area contributed by atoms with Crippen LogP contribution in [0.1, 0.15) is 31.9 Å². The number of carboxylic acids is 1. The number of carbonyl (C=O) groups is 4. The zero-order valence-corrected chi connectivity index (χ0v) is 18.2. The lowest BCUT2D eigenvalue weighted by atomic mass is 10.0. The van der Waals surface area contributed by atoms with Crippen LogP contribution in [0, 0.1) is 0 Å². The van der Waals surface area contributed by atoms with E-state index in [-0.39, 0.29) is 22.2 Å². The monoisotopic (exact) mass is 467 g/mol. The molecular weight excluding hydrogens is 446 g/mol. The fraction of sp³-hybridized carbons (Fsp3) is 0.444. The quantitative estimate of drug-likeness (QED) is 0.143. The van der Waals surface area contributed by atoms with Gasteiger partial charge in [0.2, 0.25) is 6.41 Å². The van der Waals surface area contributed by atoms with Crippen molar-refractivity contribution in [1.82, 2.24) is 15.2 Å². The number of carbonyl (C=O) groups excluding carboxylic acids is 3. The molecule has 31 heavy (non-hydrogen) atoms. The summed E-state index contributed by atoms with van der Waals surface area (Å²) < 4.78 is 0. The van der Waals surface area contributed by atoms with E-state index in [2.05, 4.69) is 20.8 Å². The van der Waals surface area contributed by atoms with Crippen LogP contribution in [0.25, 0.3) is 0 Å². The highest BCUT2D eigenvalue weighted by molar-refractivity contribution is 8.00. The van der Waals surface area contributed by atoms with E-state index in [9.17, 15) is 24.3 Å². The van der Waals surface area contributed by atoms with E-state index in [4.69, 9.17) is 4.84 Å². The van der Waals surface area contributed by atoms with Crippen molar-refractivity contribution in [3.8, 4) is 0 Å². The summed E-state index contributed by atoms with van der Waals surface area (Å²) in [5, 5.41) is 19.5. The molecule has 13 heteroatoms. The molecule has 166 valence electrons. The van der Waals surface area contributed by atoms with Crippen LogP contribution in [0.5, 0.6) is 0 Å². The van der Waals surface area contributed by atoms with Gasteiger partial charge in [-0.05, 0) is 12.5 Å². The smallest absolute Gasteiger partial charge is 0.352 e. The molecule has 1 aromatic rings. The Hall–Kier alpha value is -2.93. The maximum atomic E-state index is 12.9. The number of aromatic nitrogens is 1. The second kappa shape index (κ2) is 10.4. The van der Waals surface area contributed by atoms with Gasteiger partial charge in [0.05, 0.1) is 0 Å². The summed E-state index contributed by atoms with van der Waals surface area (Å²) >= 11 is 2.46. The number of oxime groups is 1. The summed E-state index contributed by atoms with van der Waals surface area (Å²) in [5.74, 6) is -1.96. The van der Waals surface area contributed by atoms with Gasteiger partial charge in [-0.1, -0.05) is 24.9 Å². The van der Waals surface area contributed by atoms with E-state index < -0.39 is 29.2 Å². The van der Waals surface area contributed by atoms with Crippen LogP contribution in [0.15, 0.2) is 22.3 Å². The van der Waals surface area contributed by atoms with Crippen molar-refractivity contribution < 1.29 is 29.1 Å². The van der Waals surface area contributed by atoms with Crippen LogP contribution in [0.3, 0.4) is 0 Å². The zero-order chi connectivity index (χ0) is 22.4. The van der Waals surface area contributed by atoms with Crippen LogP contribution in [-0.4, -0.2) is 68.7 Å². The number of nitrogens with one attached hydrogen (secondary N) is 2. The van der Waals surface area contributed by atoms with Gasteiger partial charge in [-0.3, -0.25) is 19.3 Å². The Bertz CT molecular complexity index is 930. The van der Waals surface area contributed by atoms with Crippen molar-refractivity contribution in [3.05, 3.63) is 22.8 Å². The van der Waals surface area contributed by atoms with Crippen molar-refractivity contribution in [1.29, 1.82) is 0 Å². The minimum absolute atomic E-state index is 0.0866. The number of amides is 3. The predicted molar refractivity (Wildman–Crippen MR) is 115 cm³/mol. The number of unbranched alkanes of at least 4 members (excludes halogenated alkanes) is 2. The molecule has 1 unspecified atom stereocenters. The van der Waals surface area contributed by atoms with Crippen molar-refractivity contribution >= 4 is 58.1 Å². The summed E-state index contributed by atoms with van der Waals surface area (Å²) in [6.45, 7) is 2.36. The number of thiazole rings is 1. The summed E-state index contributed by atoms with van der Waals surface area (Å²) in [6.07, 6.45) is 4.65. The lowest BCUT2D eigenvalue weighted by molar-refractivity contribution is -0.150. The molecule has 0 bridgehead atoms. The molecule has 2 aliphatic rings. The van der Waals surface area contributed by atoms with Crippen molar-refractivity contribution in [2.45, 2.75) is 37.6 Å². The van der Waals surface area contributed by atoms with E-state index in [1.165, 1.54) is 23.2 Å². The Morgan fingerprint density at radius 3 is 2.97 bits per heavy atom. The molecule has 3 heterocycles. The maximum absolute atomic E-state index is 12.9. The second-order valence-electron chi connectivity index (χ2n) is 6.56. The first-order valence-electron chi connectivity index (χ1n) is 9.53. The van der Waals surface area contributed by atoms with Crippen LogP contribution in [0.2, 0.25) is 0 Å². The average Bonchev–Trinajstić information content (AvgIpc) is 3.22. The van der Waals surface area contributed by atoms with Crippen molar-refractivity contribution in [2.75, 3.05) is 17.7 Å². The molecule has 0 saturated carbocycles. The molecule has 3 amide bonds. The highest BCUT2D eigenvalue weighted by Gasteiger charge is 2.53. The van der Waals surface area contributed by atoms with Crippen LogP contribution in [-0.2, 0) is 24.0 Å². The normalized spacial score (nSPS) is 20.3. The Morgan fingerprint density at radius 1 is 1.45 bits per heavy atom. The van der Waals surface area contributed by atoms with E-state index in [0.717, 1.165) is 35.5 Å². The Kier molecular flexibility index (Phi) is 7.63. The number of rotatable bonds is 11. The Balaban J connectivity index is 1.73. The van der Waals surface area contributed by atoms with E-state index in [1.807, 2.05) is 6.92 Å². The fourth-order valence-corrected chi connectivity index (χ4v) is 4.83. The molecule has 2 aliphatic heterocycles. The molecule has 1 fully saturated rings. The van der Waals surface area contributed by atoms with E-state index in [0.29, 0.717) is 18.8 Å². The number of nitrogens with zero attached hydrogens (tertiary/aromatic N) is 3. The van der Waals surface area contributed by atoms with Gasteiger partial charge in [0.1, 0.15) is 29.4 Å². The SMILES string of the molecule is CCCCCO/N=C(/C(=O)NC1C(=O)N2C(C(=O)O)=CCS[C@H]12)c1csc(NC=O)n1. The summed E-state index contributed by atoms with van der Waals surface area (Å²) in [6, 6.07) is -0.892. The van der Waals surface area contributed by atoms with Crippen LogP contribution in [0.4, 0.5) is 5.13 Å². The highest BCUT2D eigenvalue weighted by Crippen LogP contribution is 2.37. The number of hydrogen-bond donors (Lipinski definition) is 3. The average molecular weight is 468 g/mol. The molecule has 1 aromatic heterocycles. The number of anilines is 1. The first kappa shape index (κ1) is 22.7. The number of thioether (sulfide) groups is 1. The van der Waals surface area contributed by atoms with Gasteiger partial charge in [0.25, 0.3) is 11.8 Å². The van der Waals surface area contributed by atoms with Crippen LogP contribution >= 0.6 is 23.1 Å². The maximum Gasteiger partial charge on any atom is 0.352 e. The minimum Gasteiger partial charge on any atom is -0.477 e. The summed E-state index contributed by atoms with van der Waals surface area (Å²) in [4.78, 5) is 57.9. The predicted octanol–water partition coefficient (Wildman–Crippen LogP) is 0.991. The van der Waals surface area contributed by atoms with Gasteiger partial charge in [-0.15, -0.1) is 23.1 Å². The lowest BCUT2D eigenvalue weighted by Crippen LogP contribution is -2.70. The second-order valence-corrected chi connectivity index (χ2v) is 8.57. The van der Waals surface area contributed by atoms with Crippen molar-refractivity contribution in [2.24, 2.45) is 5.16 Å². The van der Waals surface area contributed by atoms with E-state index >= 15 is 0 Å². The molecule has 11 nitrogen and oxygen atoms in total. The Morgan fingerprint density at radius 2 is 2.26 bits per heavy atom. The van der Waals surface area contributed by atoms with Gasteiger partial charge >= 0.3 is 5.97 Å². The number of carboxylic acid groups (broad SMARTS) is 1. The third-order valence-electron chi connectivity index (χ3n) is 4.49. The number of hydrogen-bond acceptors (Lipinski definition) is 9. The van der Waals surface area contributed by atoms with Crippen molar-refractivity contribution in [3.63, 3.8) is 0 Å². The zero-order valence-electron chi connectivity index (χ0n) is 16.6. The molecule has 2 atom stereocenters. The lowest BCUT2D eigenvalue weighted by Gasteiger charge is -2.48. The molecular formula is C18H21N5O6S2. The van der Waals surface area contributed by atoms with Gasteiger partial charge in [0.15, 0.2) is 10.8 Å². The minimum atomic E-state index is -1.19. The van der Waals surface area contributed by atoms with Gasteiger partial charge < -0.3 is 20.6 Å². The molecule has 0 aliphatic carbocycles. The highest BCUT2D eigenvalue weighted by atomic mass is 32.2. The number of fused-ring (bicyclic) bond motifs is 1. The Labute approximate surface area is 185 Å². The fourth-order valence-electron chi connectivity index (χ4n) is 2.98. The molecule has 3 N–H and O–H groups in total. The number of β-lactam (4-membered cyclic amide) rings is 1. The van der Waals surface area contributed by atoms with Gasteiger partial charge in [-0.25, -0.2) is 9.78 Å². The van der Waals surface area contributed by atoms with Gasteiger partial charge in [0, 0.05) is 11.1 Å². The third kappa shape index (κ3) is 5.05. The van der Waals surface area contributed by atoms with E-state index in [1.54, 1.807) is 0 Å². The molecule has 0 spiro atoms. The number of aliphatic carboxylic acids is 1.